The first-order chi connectivity index (χ1) is 6.51. The smallest absolute Gasteiger partial charge is 0.149 e. The van der Waals surface area contributed by atoms with Crippen LogP contribution in [-0.2, 0) is 22.8 Å². The lowest BCUT2D eigenvalue weighted by Gasteiger charge is -1.97. The Balaban J connectivity index is 2.52. The topological polar surface area (TPSA) is 64.8 Å². The summed E-state index contributed by atoms with van der Waals surface area (Å²) in [6, 6.07) is 0. The van der Waals surface area contributed by atoms with Crippen LogP contribution in [0.5, 0.6) is 0 Å². The summed E-state index contributed by atoms with van der Waals surface area (Å²) in [7, 11) is -2.92. The lowest BCUT2D eigenvalue weighted by Crippen LogP contribution is -2.11. The summed E-state index contributed by atoms with van der Waals surface area (Å²) in [4.78, 5) is 0. The molecular formula is C7H12BrN3O2S. The van der Waals surface area contributed by atoms with Crippen LogP contribution in [0.25, 0.3) is 0 Å². The standard InChI is InChI=1S/C7H12BrN3O2S/c1-14(12,13)5-4-11-6-7(2-3-8)9-10-11/h6H,2-5H2,1H3. The van der Waals surface area contributed by atoms with Gasteiger partial charge in [0.1, 0.15) is 9.84 Å². The molecule has 0 N–H and O–H groups in total. The van der Waals surface area contributed by atoms with Gasteiger partial charge in [0.25, 0.3) is 0 Å². The van der Waals surface area contributed by atoms with Crippen molar-refractivity contribution in [3.63, 3.8) is 0 Å². The van der Waals surface area contributed by atoms with E-state index < -0.39 is 9.84 Å². The predicted molar refractivity (Wildman–Crippen MR) is 57.2 cm³/mol. The van der Waals surface area contributed by atoms with Gasteiger partial charge in [0.15, 0.2) is 0 Å². The number of rotatable bonds is 5. The van der Waals surface area contributed by atoms with Crippen molar-refractivity contribution >= 4 is 25.8 Å². The summed E-state index contributed by atoms with van der Waals surface area (Å²) in [5.74, 6) is 0.101. The molecule has 5 nitrogen and oxygen atoms in total. The highest BCUT2D eigenvalue weighted by molar-refractivity contribution is 9.09. The number of aryl methyl sites for hydroxylation is 2. The predicted octanol–water partition coefficient (Wildman–Crippen LogP) is 0.260. The lowest BCUT2D eigenvalue weighted by atomic mass is 10.4. The van der Waals surface area contributed by atoms with E-state index in [9.17, 15) is 8.42 Å². The minimum atomic E-state index is -2.92. The molecule has 14 heavy (non-hydrogen) atoms. The second-order valence-corrected chi connectivity index (χ2v) is 6.09. The van der Waals surface area contributed by atoms with Crippen LogP contribution in [0.3, 0.4) is 0 Å². The molecule has 0 aromatic carbocycles. The minimum Gasteiger partial charge on any atom is -0.251 e. The van der Waals surface area contributed by atoms with Crippen molar-refractivity contribution in [2.45, 2.75) is 13.0 Å². The van der Waals surface area contributed by atoms with Crippen molar-refractivity contribution in [2.24, 2.45) is 0 Å². The highest BCUT2D eigenvalue weighted by Crippen LogP contribution is 1.97. The van der Waals surface area contributed by atoms with Crippen LogP contribution in [0.1, 0.15) is 5.69 Å². The fraction of sp³-hybridized carbons (Fsp3) is 0.714. The molecule has 0 unspecified atom stereocenters. The Hall–Kier alpha value is -0.430. The Labute approximate surface area is 91.5 Å². The molecule has 0 bridgehead atoms. The summed E-state index contributed by atoms with van der Waals surface area (Å²) in [6.07, 6.45) is 3.79. The Kier molecular flexibility index (Phi) is 4.06. The van der Waals surface area contributed by atoms with Gasteiger partial charge in [-0.05, 0) is 0 Å². The number of hydrogen-bond donors (Lipinski definition) is 0. The third kappa shape index (κ3) is 4.19. The van der Waals surface area contributed by atoms with Gasteiger partial charge in [-0.25, -0.2) is 8.42 Å². The maximum absolute atomic E-state index is 10.9. The zero-order valence-electron chi connectivity index (χ0n) is 7.85. The lowest BCUT2D eigenvalue weighted by molar-refractivity contribution is 0.579. The highest BCUT2D eigenvalue weighted by Gasteiger charge is 2.04. The van der Waals surface area contributed by atoms with Gasteiger partial charge < -0.3 is 0 Å². The van der Waals surface area contributed by atoms with Crippen LogP contribution in [0, 0.1) is 0 Å². The monoisotopic (exact) mass is 281 g/mol. The molecule has 0 amide bonds. The highest BCUT2D eigenvalue weighted by atomic mass is 79.9. The molecule has 0 aliphatic heterocycles. The van der Waals surface area contributed by atoms with Crippen molar-refractivity contribution in [2.75, 3.05) is 17.3 Å². The third-order valence-electron chi connectivity index (χ3n) is 1.63. The van der Waals surface area contributed by atoms with Crippen LogP contribution in [-0.4, -0.2) is 40.8 Å². The van der Waals surface area contributed by atoms with Crippen LogP contribution in [0.2, 0.25) is 0 Å². The van der Waals surface area contributed by atoms with Crippen molar-refractivity contribution in [3.05, 3.63) is 11.9 Å². The van der Waals surface area contributed by atoms with Crippen molar-refractivity contribution in [3.8, 4) is 0 Å². The van der Waals surface area contributed by atoms with Crippen molar-refractivity contribution < 1.29 is 8.42 Å². The molecule has 1 rings (SSSR count). The number of sulfone groups is 1. The first-order valence-corrected chi connectivity index (χ1v) is 7.32. The molecular weight excluding hydrogens is 270 g/mol. The van der Waals surface area contributed by atoms with Gasteiger partial charge in [-0.3, -0.25) is 4.68 Å². The number of alkyl halides is 1. The number of hydrogen-bond acceptors (Lipinski definition) is 4. The van der Waals surface area contributed by atoms with E-state index in [-0.39, 0.29) is 5.75 Å². The zero-order chi connectivity index (χ0) is 10.6. The van der Waals surface area contributed by atoms with Gasteiger partial charge in [0.2, 0.25) is 0 Å². The Morgan fingerprint density at radius 3 is 2.86 bits per heavy atom. The van der Waals surface area contributed by atoms with Gasteiger partial charge in [0, 0.05) is 24.2 Å². The Morgan fingerprint density at radius 1 is 1.57 bits per heavy atom. The Morgan fingerprint density at radius 2 is 2.29 bits per heavy atom. The second kappa shape index (κ2) is 4.88. The maximum Gasteiger partial charge on any atom is 0.149 e. The molecule has 1 aromatic rings. The first kappa shape index (κ1) is 11.6. The molecule has 0 saturated carbocycles. The molecule has 0 radical (unpaired) electrons. The van der Waals surface area contributed by atoms with E-state index in [1.807, 2.05) is 0 Å². The largest absolute Gasteiger partial charge is 0.251 e. The van der Waals surface area contributed by atoms with Gasteiger partial charge in [-0.15, -0.1) is 5.10 Å². The molecule has 0 aliphatic carbocycles. The van der Waals surface area contributed by atoms with Crippen LogP contribution in [0.4, 0.5) is 0 Å². The summed E-state index contributed by atoms with van der Waals surface area (Å²) in [5, 5.41) is 8.55. The second-order valence-electron chi connectivity index (χ2n) is 3.04. The summed E-state index contributed by atoms with van der Waals surface area (Å²) in [6.45, 7) is 0.369. The first-order valence-electron chi connectivity index (χ1n) is 4.14. The number of halogens is 1. The average molecular weight is 282 g/mol. The molecule has 1 heterocycles. The summed E-state index contributed by atoms with van der Waals surface area (Å²) in [5.41, 5.74) is 0.871. The number of nitrogens with zero attached hydrogens (tertiary/aromatic N) is 3. The molecule has 1 aromatic heterocycles. The van der Waals surface area contributed by atoms with Gasteiger partial charge in [-0.1, -0.05) is 21.1 Å². The molecule has 0 atom stereocenters. The molecule has 0 fully saturated rings. The van der Waals surface area contributed by atoms with Crippen LogP contribution >= 0.6 is 15.9 Å². The fourth-order valence-corrected chi connectivity index (χ4v) is 1.84. The van der Waals surface area contributed by atoms with Crippen LogP contribution < -0.4 is 0 Å². The van der Waals surface area contributed by atoms with E-state index in [2.05, 4.69) is 26.2 Å². The van der Waals surface area contributed by atoms with E-state index in [0.717, 1.165) is 17.4 Å². The van der Waals surface area contributed by atoms with Crippen molar-refractivity contribution in [1.82, 2.24) is 15.0 Å². The average Bonchev–Trinajstić information content (AvgIpc) is 2.49. The molecule has 0 saturated heterocycles. The SMILES string of the molecule is CS(=O)(=O)CCn1cc(CCBr)nn1. The third-order valence-corrected chi connectivity index (χ3v) is 2.95. The van der Waals surface area contributed by atoms with E-state index in [4.69, 9.17) is 0 Å². The van der Waals surface area contributed by atoms with E-state index in [1.165, 1.54) is 6.26 Å². The van der Waals surface area contributed by atoms with E-state index in [1.54, 1.807) is 10.9 Å². The maximum atomic E-state index is 10.9. The fourth-order valence-electron chi connectivity index (χ4n) is 0.919. The number of aromatic nitrogens is 3. The molecule has 7 heteroatoms. The quantitative estimate of drug-likeness (QED) is 0.727. The molecule has 0 aliphatic rings. The molecule has 0 spiro atoms. The van der Waals surface area contributed by atoms with Gasteiger partial charge in [-0.2, -0.15) is 0 Å². The zero-order valence-corrected chi connectivity index (χ0v) is 10.3. The van der Waals surface area contributed by atoms with Gasteiger partial charge in [0.05, 0.1) is 18.0 Å². The summed E-state index contributed by atoms with van der Waals surface area (Å²) < 4.78 is 23.3. The van der Waals surface area contributed by atoms with Gasteiger partial charge >= 0.3 is 0 Å². The van der Waals surface area contributed by atoms with E-state index >= 15 is 0 Å². The summed E-state index contributed by atoms with van der Waals surface area (Å²) >= 11 is 3.29. The Bertz CT molecular complexity index is 387. The van der Waals surface area contributed by atoms with E-state index in [0.29, 0.717) is 6.54 Å². The molecule has 80 valence electrons. The van der Waals surface area contributed by atoms with Crippen molar-refractivity contribution in [1.29, 1.82) is 0 Å². The minimum absolute atomic E-state index is 0.101. The van der Waals surface area contributed by atoms with Crippen LogP contribution in [0.15, 0.2) is 6.20 Å². The normalized spacial score (nSPS) is 11.9.